The first-order valence-electron chi connectivity index (χ1n) is 7.72. The minimum absolute atomic E-state index is 0.00152. The molecule has 1 saturated heterocycles. The maximum absolute atomic E-state index is 12.8. The third kappa shape index (κ3) is 3.82. The van der Waals surface area contributed by atoms with Gasteiger partial charge in [0.1, 0.15) is 0 Å². The monoisotopic (exact) mass is 380 g/mol. The average Bonchev–Trinajstić information content (AvgIpc) is 2.62. The zero-order chi connectivity index (χ0) is 17.1. The van der Waals surface area contributed by atoms with E-state index in [0.29, 0.717) is 23.7 Å². The zero-order valence-corrected chi connectivity index (χ0v) is 15.7. The molecule has 2 aromatic rings. The number of piperazine rings is 1. The quantitative estimate of drug-likeness (QED) is 0.722. The molecule has 0 spiro atoms. The standard InChI is InChI=1S/C18H18Cl2N2OS/c1-24-15-5-6-17(20)16(12-15)18(23)22-9-7-21(8-10-22)14-4-2-3-13(19)11-14/h2-6,11-12H,7-10H2,1H3. The van der Waals surface area contributed by atoms with E-state index in [9.17, 15) is 4.79 Å². The van der Waals surface area contributed by atoms with Gasteiger partial charge in [-0.25, -0.2) is 0 Å². The first-order valence-corrected chi connectivity index (χ1v) is 9.70. The fourth-order valence-electron chi connectivity index (χ4n) is 2.81. The molecule has 126 valence electrons. The number of nitrogens with zero attached hydrogens (tertiary/aromatic N) is 2. The van der Waals surface area contributed by atoms with Crippen molar-refractivity contribution in [2.75, 3.05) is 37.3 Å². The van der Waals surface area contributed by atoms with Crippen LogP contribution in [0.2, 0.25) is 10.0 Å². The zero-order valence-electron chi connectivity index (χ0n) is 13.3. The summed E-state index contributed by atoms with van der Waals surface area (Å²) in [4.78, 5) is 17.9. The molecule has 2 aromatic carbocycles. The number of carbonyl (C=O) groups is 1. The first kappa shape index (κ1) is 17.5. The smallest absolute Gasteiger partial charge is 0.255 e. The maximum Gasteiger partial charge on any atom is 0.255 e. The molecule has 0 bridgehead atoms. The van der Waals surface area contributed by atoms with Crippen molar-refractivity contribution in [3.8, 4) is 0 Å². The van der Waals surface area contributed by atoms with Gasteiger partial charge in [-0.3, -0.25) is 4.79 Å². The minimum Gasteiger partial charge on any atom is -0.368 e. The summed E-state index contributed by atoms with van der Waals surface area (Å²) in [6.07, 6.45) is 1.99. The van der Waals surface area contributed by atoms with E-state index in [1.165, 1.54) is 0 Å². The number of rotatable bonds is 3. The van der Waals surface area contributed by atoms with Crippen LogP contribution in [-0.4, -0.2) is 43.2 Å². The summed E-state index contributed by atoms with van der Waals surface area (Å²) in [7, 11) is 0. The van der Waals surface area contributed by atoms with Crippen molar-refractivity contribution in [2.24, 2.45) is 0 Å². The lowest BCUT2D eigenvalue weighted by Gasteiger charge is -2.36. The lowest BCUT2D eigenvalue weighted by molar-refractivity contribution is 0.0746. The maximum atomic E-state index is 12.8. The number of carbonyl (C=O) groups excluding carboxylic acids is 1. The Kier molecular flexibility index (Phi) is 5.59. The minimum atomic E-state index is 0.00152. The van der Waals surface area contributed by atoms with Crippen molar-refractivity contribution >= 4 is 46.6 Å². The van der Waals surface area contributed by atoms with E-state index < -0.39 is 0 Å². The first-order chi connectivity index (χ1) is 11.6. The summed E-state index contributed by atoms with van der Waals surface area (Å²) in [6, 6.07) is 13.4. The Bertz CT molecular complexity index is 746. The number of benzene rings is 2. The lowest BCUT2D eigenvalue weighted by Crippen LogP contribution is -2.48. The number of halogens is 2. The third-order valence-electron chi connectivity index (χ3n) is 4.14. The van der Waals surface area contributed by atoms with Crippen LogP contribution < -0.4 is 4.90 Å². The van der Waals surface area contributed by atoms with Gasteiger partial charge in [0, 0.05) is 41.8 Å². The van der Waals surface area contributed by atoms with Gasteiger partial charge in [-0.1, -0.05) is 29.3 Å². The topological polar surface area (TPSA) is 23.6 Å². The predicted octanol–water partition coefficient (Wildman–Crippen LogP) is 4.68. The van der Waals surface area contributed by atoms with E-state index in [0.717, 1.165) is 28.7 Å². The molecule has 0 radical (unpaired) electrons. The molecular weight excluding hydrogens is 363 g/mol. The molecule has 1 aliphatic rings. The van der Waals surface area contributed by atoms with Crippen LogP contribution in [-0.2, 0) is 0 Å². The molecule has 0 saturated carbocycles. The summed E-state index contributed by atoms with van der Waals surface area (Å²) < 4.78 is 0. The van der Waals surface area contributed by atoms with Crippen molar-refractivity contribution in [1.29, 1.82) is 0 Å². The van der Waals surface area contributed by atoms with Gasteiger partial charge in [-0.05, 0) is 42.7 Å². The Morgan fingerprint density at radius 3 is 2.46 bits per heavy atom. The van der Waals surface area contributed by atoms with Gasteiger partial charge >= 0.3 is 0 Å². The molecule has 3 rings (SSSR count). The molecular formula is C18H18Cl2N2OS. The lowest BCUT2D eigenvalue weighted by atomic mass is 10.1. The van der Waals surface area contributed by atoms with Crippen LogP contribution in [0.15, 0.2) is 47.4 Å². The number of thioether (sulfide) groups is 1. The van der Waals surface area contributed by atoms with Crippen LogP contribution in [0.3, 0.4) is 0 Å². The molecule has 1 aliphatic heterocycles. The van der Waals surface area contributed by atoms with Crippen molar-refractivity contribution in [3.05, 3.63) is 58.1 Å². The van der Waals surface area contributed by atoms with Crippen LogP contribution in [0.4, 0.5) is 5.69 Å². The van der Waals surface area contributed by atoms with Gasteiger partial charge in [0.15, 0.2) is 0 Å². The van der Waals surface area contributed by atoms with Gasteiger partial charge in [-0.2, -0.15) is 0 Å². The second-order valence-electron chi connectivity index (χ2n) is 5.60. The molecule has 0 aromatic heterocycles. The second kappa shape index (κ2) is 7.68. The summed E-state index contributed by atoms with van der Waals surface area (Å²) >= 11 is 13.9. The van der Waals surface area contributed by atoms with E-state index in [1.54, 1.807) is 17.8 Å². The Balaban J connectivity index is 1.69. The molecule has 0 N–H and O–H groups in total. The van der Waals surface area contributed by atoms with Crippen molar-refractivity contribution in [2.45, 2.75) is 4.90 Å². The van der Waals surface area contributed by atoms with Gasteiger partial charge in [-0.15, -0.1) is 11.8 Å². The fourth-order valence-corrected chi connectivity index (χ4v) is 3.63. The highest BCUT2D eigenvalue weighted by molar-refractivity contribution is 7.98. The summed E-state index contributed by atoms with van der Waals surface area (Å²) in [6.45, 7) is 2.91. The van der Waals surface area contributed by atoms with E-state index in [2.05, 4.69) is 4.90 Å². The Morgan fingerprint density at radius 2 is 1.79 bits per heavy atom. The molecule has 1 heterocycles. The highest BCUT2D eigenvalue weighted by atomic mass is 35.5. The van der Waals surface area contributed by atoms with Crippen LogP contribution in [0.1, 0.15) is 10.4 Å². The van der Waals surface area contributed by atoms with Crippen LogP contribution in [0.5, 0.6) is 0 Å². The number of hydrogen-bond donors (Lipinski definition) is 0. The van der Waals surface area contributed by atoms with E-state index >= 15 is 0 Å². The van der Waals surface area contributed by atoms with E-state index in [1.807, 2.05) is 47.6 Å². The van der Waals surface area contributed by atoms with Crippen LogP contribution >= 0.6 is 35.0 Å². The van der Waals surface area contributed by atoms with Crippen molar-refractivity contribution in [1.82, 2.24) is 4.90 Å². The average molecular weight is 381 g/mol. The molecule has 3 nitrogen and oxygen atoms in total. The van der Waals surface area contributed by atoms with Gasteiger partial charge in [0.25, 0.3) is 5.91 Å². The van der Waals surface area contributed by atoms with Gasteiger partial charge in [0.05, 0.1) is 10.6 Å². The molecule has 0 unspecified atom stereocenters. The highest BCUT2D eigenvalue weighted by Crippen LogP contribution is 2.25. The van der Waals surface area contributed by atoms with E-state index in [-0.39, 0.29) is 5.91 Å². The Labute approximate surface area is 156 Å². The normalized spacial score (nSPS) is 14.8. The summed E-state index contributed by atoms with van der Waals surface area (Å²) in [5.74, 6) is 0.00152. The largest absolute Gasteiger partial charge is 0.368 e. The van der Waals surface area contributed by atoms with Crippen LogP contribution in [0.25, 0.3) is 0 Å². The third-order valence-corrected chi connectivity index (χ3v) is 5.43. The van der Waals surface area contributed by atoms with Gasteiger partial charge < -0.3 is 9.80 Å². The van der Waals surface area contributed by atoms with Gasteiger partial charge in [0.2, 0.25) is 0 Å². The molecule has 0 aliphatic carbocycles. The predicted molar refractivity (Wildman–Crippen MR) is 103 cm³/mol. The fraction of sp³-hybridized carbons (Fsp3) is 0.278. The molecule has 1 amide bonds. The molecule has 6 heteroatoms. The molecule has 0 atom stereocenters. The van der Waals surface area contributed by atoms with Crippen LogP contribution in [0, 0.1) is 0 Å². The molecule has 1 fully saturated rings. The number of hydrogen-bond acceptors (Lipinski definition) is 3. The Morgan fingerprint density at radius 1 is 1.04 bits per heavy atom. The molecule has 24 heavy (non-hydrogen) atoms. The SMILES string of the molecule is CSc1ccc(Cl)c(C(=O)N2CCN(c3cccc(Cl)c3)CC2)c1. The second-order valence-corrected chi connectivity index (χ2v) is 7.33. The Hall–Kier alpha value is -1.36. The number of anilines is 1. The number of amides is 1. The highest BCUT2D eigenvalue weighted by Gasteiger charge is 2.24. The van der Waals surface area contributed by atoms with Crippen molar-refractivity contribution < 1.29 is 4.79 Å². The summed E-state index contributed by atoms with van der Waals surface area (Å²) in [5, 5.41) is 1.24. The summed E-state index contributed by atoms with van der Waals surface area (Å²) in [5.41, 5.74) is 1.68. The van der Waals surface area contributed by atoms with E-state index in [4.69, 9.17) is 23.2 Å². The van der Waals surface area contributed by atoms with Crippen molar-refractivity contribution in [3.63, 3.8) is 0 Å².